The molecule has 106 valence electrons. The molecular weight excluding hydrogens is 309 g/mol. The van der Waals surface area contributed by atoms with Gasteiger partial charge in [-0.25, -0.2) is 4.98 Å². The highest BCUT2D eigenvalue weighted by Crippen LogP contribution is 2.20. The minimum absolute atomic E-state index is 0.168. The maximum absolute atomic E-state index is 12.0. The van der Waals surface area contributed by atoms with Gasteiger partial charge in [0.1, 0.15) is 5.65 Å². The van der Waals surface area contributed by atoms with Gasteiger partial charge in [0, 0.05) is 12.3 Å². The topological polar surface area (TPSA) is 46.4 Å². The van der Waals surface area contributed by atoms with Gasteiger partial charge in [0.05, 0.1) is 28.0 Å². The summed E-state index contributed by atoms with van der Waals surface area (Å²) in [4.78, 5) is 16.5. The van der Waals surface area contributed by atoms with Crippen molar-refractivity contribution in [3.8, 4) is 0 Å². The zero-order valence-electron chi connectivity index (χ0n) is 10.9. The molecular formula is C15H11Cl2N3O. The first-order chi connectivity index (χ1) is 10.1. The van der Waals surface area contributed by atoms with E-state index < -0.39 is 0 Å². The first-order valence-electron chi connectivity index (χ1n) is 6.30. The Bertz CT molecular complexity index is 861. The Kier molecular flexibility index (Phi) is 3.82. The van der Waals surface area contributed by atoms with Gasteiger partial charge in [-0.1, -0.05) is 35.3 Å². The van der Waals surface area contributed by atoms with E-state index in [1.807, 2.05) is 18.2 Å². The molecule has 6 heteroatoms. The number of para-hydroxylation sites is 1. The minimum atomic E-state index is -0.168. The van der Waals surface area contributed by atoms with E-state index in [9.17, 15) is 4.79 Å². The Hall–Kier alpha value is -2.04. The molecule has 0 radical (unpaired) electrons. The molecule has 0 aliphatic rings. The van der Waals surface area contributed by atoms with E-state index in [2.05, 4.69) is 10.3 Å². The summed E-state index contributed by atoms with van der Waals surface area (Å²) in [5, 5.41) is 4.28. The number of hydrogen-bond acceptors (Lipinski definition) is 3. The molecule has 0 aliphatic carbocycles. The Morgan fingerprint density at radius 3 is 2.76 bits per heavy atom. The van der Waals surface area contributed by atoms with Crippen molar-refractivity contribution in [2.24, 2.45) is 0 Å². The lowest BCUT2D eigenvalue weighted by atomic mass is 10.3. The minimum Gasteiger partial charge on any atom is -0.378 e. The fourth-order valence-corrected chi connectivity index (χ4v) is 2.37. The quantitative estimate of drug-likeness (QED) is 0.802. The summed E-state index contributed by atoms with van der Waals surface area (Å²) >= 11 is 11.9. The van der Waals surface area contributed by atoms with Crippen molar-refractivity contribution in [2.45, 2.75) is 6.54 Å². The van der Waals surface area contributed by atoms with Crippen LogP contribution in [-0.2, 0) is 6.54 Å². The van der Waals surface area contributed by atoms with Crippen LogP contribution in [0, 0.1) is 0 Å². The molecule has 2 aromatic heterocycles. The summed E-state index contributed by atoms with van der Waals surface area (Å²) in [6.45, 7) is 0.415. The van der Waals surface area contributed by atoms with Gasteiger partial charge in [-0.15, -0.1) is 0 Å². The fourth-order valence-electron chi connectivity index (χ4n) is 2.01. The lowest BCUT2D eigenvalue weighted by molar-refractivity contribution is 0.971. The Morgan fingerprint density at radius 2 is 1.95 bits per heavy atom. The van der Waals surface area contributed by atoms with Gasteiger partial charge in [0.2, 0.25) is 0 Å². The van der Waals surface area contributed by atoms with Gasteiger partial charge in [-0.05, 0) is 24.3 Å². The first-order valence-corrected chi connectivity index (χ1v) is 7.05. The predicted molar refractivity (Wildman–Crippen MR) is 85.3 cm³/mol. The Balaban J connectivity index is 1.90. The van der Waals surface area contributed by atoms with Crippen molar-refractivity contribution in [2.75, 3.05) is 5.32 Å². The molecule has 0 fully saturated rings. The monoisotopic (exact) mass is 319 g/mol. The second-order valence-electron chi connectivity index (χ2n) is 4.49. The number of pyridine rings is 1. The van der Waals surface area contributed by atoms with E-state index in [0.717, 1.165) is 5.69 Å². The third-order valence-corrected chi connectivity index (χ3v) is 3.56. The number of benzene rings is 1. The van der Waals surface area contributed by atoms with Crippen LogP contribution < -0.4 is 10.9 Å². The van der Waals surface area contributed by atoms with E-state index in [-0.39, 0.29) is 5.56 Å². The largest absolute Gasteiger partial charge is 0.378 e. The third kappa shape index (κ3) is 3.01. The van der Waals surface area contributed by atoms with E-state index in [0.29, 0.717) is 27.9 Å². The highest BCUT2D eigenvalue weighted by molar-refractivity contribution is 6.33. The molecule has 0 saturated heterocycles. The van der Waals surface area contributed by atoms with Crippen LogP contribution in [0.1, 0.15) is 5.69 Å². The second-order valence-corrected chi connectivity index (χ2v) is 5.34. The number of rotatable bonds is 3. The van der Waals surface area contributed by atoms with Gasteiger partial charge >= 0.3 is 0 Å². The van der Waals surface area contributed by atoms with E-state index >= 15 is 0 Å². The van der Waals surface area contributed by atoms with Crippen molar-refractivity contribution in [1.29, 1.82) is 0 Å². The summed E-state index contributed by atoms with van der Waals surface area (Å²) < 4.78 is 1.42. The standard InChI is InChI=1S/C15H11Cl2N3O/c16-10-5-6-14-19-11(7-15(21)20(14)9-10)8-18-13-4-2-1-3-12(13)17/h1-7,9,18H,8H2. The molecule has 1 N–H and O–H groups in total. The van der Waals surface area contributed by atoms with Crippen molar-refractivity contribution >= 4 is 34.5 Å². The number of fused-ring (bicyclic) bond motifs is 1. The van der Waals surface area contributed by atoms with E-state index in [1.54, 1.807) is 24.4 Å². The van der Waals surface area contributed by atoms with E-state index in [4.69, 9.17) is 23.2 Å². The number of nitrogens with one attached hydrogen (secondary N) is 1. The molecule has 4 nitrogen and oxygen atoms in total. The highest BCUT2D eigenvalue weighted by atomic mass is 35.5. The van der Waals surface area contributed by atoms with Gasteiger partial charge in [0.15, 0.2) is 0 Å². The van der Waals surface area contributed by atoms with Crippen LogP contribution in [0.2, 0.25) is 10.0 Å². The maximum Gasteiger partial charge on any atom is 0.258 e. The zero-order chi connectivity index (χ0) is 14.8. The summed E-state index contributed by atoms with van der Waals surface area (Å²) in [6, 6.07) is 12.3. The normalized spacial score (nSPS) is 10.8. The molecule has 2 heterocycles. The summed E-state index contributed by atoms with van der Waals surface area (Å²) in [5.41, 5.74) is 1.83. The molecule has 0 atom stereocenters. The number of aromatic nitrogens is 2. The molecule has 0 saturated carbocycles. The molecule has 3 rings (SSSR count). The fraction of sp³-hybridized carbons (Fsp3) is 0.0667. The molecule has 1 aromatic carbocycles. The Morgan fingerprint density at radius 1 is 1.14 bits per heavy atom. The van der Waals surface area contributed by atoms with Crippen molar-refractivity contribution in [1.82, 2.24) is 9.38 Å². The molecule has 0 aliphatic heterocycles. The number of anilines is 1. The summed E-state index contributed by atoms with van der Waals surface area (Å²) in [5.74, 6) is 0. The first kappa shape index (κ1) is 13.9. The van der Waals surface area contributed by atoms with Crippen LogP contribution in [0.4, 0.5) is 5.69 Å². The van der Waals surface area contributed by atoms with Crippen molar-refractivity contribution in [3.63, 3.8) is 0 Å². The number of hydrogen-bond donors (Lipinski definition) is 1. The van der Waals surface area contributed by atoms with Gasteiger partial charge in [-0.3, -0.25) is 9.20 Å². The van der Waals surface area contributed by atoms with Gasteiger partial charge in [0.25, 0.3) is 5.56 Å². The van der Waals surface area contributed by atoms with E-state index in [1.165, 1.54) is 10.5 Å². The summed E-state index contributed by atoms with van der Waals surface area (Å²) in [6.07, 6.45) is 1.55. The molecule has 21 heavy (non-hydrogen) atoms. The molecule has 0 spiro atoms. The second kappa shape index (κ2) is 5.76. The SMILES string of the molecule is O=c1cc(CNc2ccccc2Cl)nc2ccc(Cl)cn12. The van der Waals surface area contributed by atoms with Crippen molar-refractivity contribution < 1.29 is 0 Å². The number of nitrogens with zero attached hydrogens (tertiary/aromatic N) is 2. The van der Waals surface area contributed by atoms with Crippen LogP contribution in [-0.4, -0.2) is 9.38 Å². The highest BCUT2D eigenvalue weighted by Gasteiger charge is 2.04. The lowest BCUT2D eigenvalue weighted by Crippen LogP contribution is -2.16. The Labute approximate surface area is 131 Å². The lowest BCUT2D eigenvalue weighted by Gasteiger charge is -2.08. The van der Waals surface area contributed by atoms with Crippen LogP contribution in [0.25, 0.3) is 5.65 Å². The number of halogens is 2. The predicted octanol–water partition coefficient (Wildman–Crippen LogP) is 3.61. The zero-order valence-corrected chi connectivity index (χ0v) is 12.4. The van der Waals surface area contributed by atoms with Gasteiger partial charge < -0.3 is 5.32 Å². The smallest absolute Gasteiger partial charge is 0.258 e. The van der Waals surface area contributed by atoms with Crippen LogP contribution in [0.15, 0.2) is 53.5 Å². The molecule has 3 aromatic rings. The molecule has 0 amide bonds. The molecule has 0 unspecified atom stereocenters. The van der Waals surface area contributed by atoms with Crippen LogP contribution in [0.3, 0.4) is 0 Å². The van der Waals surface area contributed by atoms with Gasteiger partial charge in [-0.2, -0.15) is 0 Å². The average molecular weight is 320 g/mol. The molecule has 0 bridgehead atoms. The van der Waals surface area contributed by atoms with Crippen LogP contribution >= 0.6 is 23.2 Å². The van der Waals surface area contributed by atoms with Crippen LogP contribution in [0.5, 0.6) is 0 Å². The summed E-state index contributed by atoms with van der Waals surface area (Å²) in [7, 11) is 0. The average Bonchev–Trinajstić information content (AvgIpc) is 2.47. The third-order valence-electron chi connectivity index (χ3n) is 3.01. The van der Waals surface area contributed by atoms with Crippen molar-refractivity contribution in [3.05, 3.63) is 74.8 Å². The maximum atomic E-state index is 12.0.